The monoisotopic (exact) mass is 422 g/mol. The van der Waals surface area contributed by atoms with E-state index in [9.17, 15) is 4.79 Å². The second-order valence-corrected chi connectivity index (χ2v) is 7.89. The van der Waals surface area contributed by atoms with Crippen molar-refractivity contribution in [3.05, 3.63) is 98.9 Å². The fourth-order valence-electron chi connectivity index (χ4n) is 2.78. The topological polar surface area (TPSA) is 26.3 Å². The lowest BCUT2D eigenvalue weighted by atomic mass is 10.1. The quantitative estimate of drug-likeness (QED) is 0.457. The molecule has 3 aromatic rings. The summed E-state index contributed by atoms with van der Waals surface area (Å²) >= 11 is 5.02. The molecule has 3 aromatic carbocycles. The van der Waals surface area contributed by atoms with Gasteiger partial charge in [0.1, 0.15) is 12.4 Å². The van der Waals surface area contributed by atoms with E-state index >= 15 is 0 Å². The van der Waals surface area contributed by atoms with Crippen molar-refractivity contribution >= 4 is 39.6 Å². The molecule has 0 fully saturated rings. The van der Waals surface area contributed by atoms with E-state index in [1.807, 2.05) is 78.9 Å². The van der Waals surface area contributed by atoms with Crippen LogP contribution in [-0.2, 0) is 6.61 Å². The summed E-state index contributed by atoms with van der Waals surface area (Å²) in [5.74, 6) is 0.827. The van der Waals surface area contributed by atoms with Gasteiger partial charge in [-0.05, 0) is 42.0 Å². The van der Waals surface area contributed by atoms with E-state index in [2.05, 4.69) is 15.9 Å². The summed E-state index contributed by atoms with van der Waals surface area (Å²) in [5, 5.41) is 0. The van der Waals surface area contributed by atoms with E-state index in [0.29, 0.717) is 11.5 Å². The van der Waals surface area contributed by atoms with Gasteiger partial charge in [-0.15, -0.1) is 0 Å². The Hall–Kier alpha value is -2.30. The van der Waals surface area contributed by atoms with Crippen molar-refractivity contribution in [2.45, 2.75) is 11.5 Å². The highest BCUT2D eigenvalue weighted by atomic mass is 79.9. The molecule has 4 rings (SSSR count). The normalized spacial score (nSPS) is 14.5. The first-order valence-electron chi connectivity index (χ1n) is 8.20. The van der Waals surface area contributed by atoms with Crippen LogP contribution >= 0.6 is 27.7 Å². The fourth-order valence-corrected chi connectivity index (χ4v) is 4.20. The summed E-state index contributed by atoms with van der Waals surface area (Å²) in [6.07, 6.45) is 1.91. The minimum Gasteiger partial charge on any atom is -0.488 e. The van der Waals surface area contributed by atoms with Crippen molar-refractivity contribution in [1.82, 2.24) is 0 Å². The molecule has 0 aliphatic carbocycles. The predicted octanol–water partition coefficient (Wildman–Crippen LogP) is 6.36. The average molecular weight is 423 g/mol. The fraction of sp³-hybridized carbons (Fsp3) is 0.0455. The van der Waals surface area contributed by atoms with Gasteiger partial charge in [-0.25, -0.2) is 0 Å². The van der Waals surface area contributed by atoms with Gasteiger partial charge in [0.15, 0.2) is 0 Å². The van der Waals surface area contributed by atoms with Crippen LogP contribution in [0, 0.1) is 0 Å². The third kappa shape index (κ3) is 3.62. The highest BCUT2D eigenvalue weighted by molar-refractivity contribution is 9.10. The summed E-state index contributed by atoms with van der Waals surface area (Å²) in [6.45, 7) is 0.486. The molecule has 1 aliphatic heterocycles. The second-order valence-electron chi connectivity index (χ2n) is 5.89. The molecular weight excluding hydrogens is 408 g/mol. The predicted molar refractivity (Wildman–Crippen MR) is 110 cm³/mol. The van der Waals surface area contributed by atoms with Gasteiger partial charge in [-0.1, -0.05) is 70.2 Å². The molecule has 2 nitrogen and oxygen atoms in total. The molecular formula is C22H15BrO2S. The highest BCUT2D eigenvalue weighted by Gasteiger charge is 2.25. The second kappa shape index (κ2) is 7.52. The summed E-state index contributed by atoms with van der Waals surface area (Å²) in [5.41, 5.74) is 2.76. The van der Waals surface area contributed by atoms with Gasteiger partial charge in [0.25, 0.3) is 0 Å². The lowest BCUT2D eigenvalue weighted by Crippen LogP contribution is -1.98. The molecule has 0 radical (unpaired) electrons. The minimum atomic E-state index is 0.0691. The van der Waals surface area contributed by atoms with Crippen LogP contribution in [0.15, 0.2) is 87.1 Å². The van der Waals surface area contributed by atoms with E-state index in [0.717, 1.165) is 31.8 Å². The van der Waals surface area contributed by atoms with Crippen molar-refractivity contribution in [1.29, 1.82) is 0 Å². The summed E-state index contributed by atoms with van der Waals surface area (Å²) in [7, 11) is 0. The zero-order chi connectivity index (χ0) is 17.9. The number of allylic oxidation sites excluding steroid dienone is 1. The molecule has 26 heavy (non-hydrogen) atoms. The Kier molecular flexibility index (Phi) is 4.96. The van der Waals surface area contributed by atoms with Gasteiger partial charge >= 0.3 is 0 Å². The first-order chi connectivity index (χ1) is 12.7. The van der Waals surface area contributed by atoms with Gasteiger partial charge < -0.3 is 4.74 Å². The summed E-state index contributed by atoms with van der Waals surface area (Å²) in [4.78, 5) is 14.4. The highest BCUT2D eigenvalue weighted by Crippen LogP contribution is 2.41. The van der Waals surface area contributed by atoms with Gasteiger partial charge in [-0.3, -0.25) is 4.79 Å². The van der Waals surface area contributed by atoms with Crippen LogP contribution in [0.5, 0.6) is 5.75 Å². The lowest BCUT2D eigenvalue weighted by molar-refractivity contribution is 0.104. The number of fused-ring (bicyclic) bond motifs is 1. The van der Waals surface area contributed by atoms with Crippen LogP contribution in [0.4, 0.5) is 0 Å². The number of ketones is 1. The van der Waals surface area contributed by atoms with E-state index in [-0.39, 0.29) is 5.78 Å². The Morgan fingerprint density at radius 2 is 1.73 bits per heavy atom. The van der Waals surface area contributed by atoms with Crippen LogP contribution in [0.1, 0.15) is 21.5 Å². The van der Waals surface area contributed by atoms with Crippen molar-refractivity contribution < 1.29 is 9.53 Å². The number of carbonyl (C=O) groups excluding carboxylic acids is 1. The molecule has 0 spiro atoms. The number of hydrogen-bond donors (Lipinski definition) is 0. The maximum absolute atomic E-state index is 12.6. The van der Waals surface area contributed by atoms with Crippen molar-refractivity contribution in [2.75, 3.05) is 0 Å². The molecule has 0 aromatic heterocycles. The molecule has 4 heteroatoms. The molecule has 0 N–H and O–H groups in total. The van der Waals surface area contributed by atoms with E-state index in [4.69, 9.17) is 4.74 Å². The largest absolute Gasteiger partial charge is 0.488 e. The summed E-state index contributed by atoms with van der Waals surface area (Å²) < 4.78 is 6.96. The van der Waals surface area contributed by atoms with Crippen LogP contribution in [-0.4, -0.2) is 5.78 Å². The molecule has 0 atom stereocenters. The minimum absolute atomic E-state index is 0.0691. The maximum atomic E-state index is 12.6. The number of Topliss-reactive ketones (excluding diaryl/α,β-unsaturated/α-hetero) is 1. The average Bonchev–Trinajstić information content (AvgIpc) is 2.98. The molecule has 1 aliphatic rings. The van der Waals surface area contributed by atoms with E-state index < -0.39 is 0 Å². The molecule has 0 saturated carbocycles. The van der Waals surface area contributed by atoms with Crippen LogP contribution in [0.25, 0.3) is 6.08 Å². The number of halogens is 1. The summed E-state index contributed by atoms with van der Waals surface area (Å²) in [6, 6.07) is 23.6. The molecule has 0 amide bonds. The van der Waals surface area contributed by atoms with Gasteiger partial charge in [0.2, 0.25) is 5.78 Å². The van der Waals surface area contributed by atoms with E-state index in [1.165, 1.54) is 11.8 Å². The van der Waals surface area contributed by atoms with Gasteiger partial charge in [-0.2, -0.15) is 0 Å². The number of benzene rings is 3. The van der Waals surface area contributed by atoms with Crippen LogP contribution in [0.3, 0.4) is 0 Å². The Bertz CT molecular complexity index is 996. The van der Waals surface area contributed by atoms with Crippen molar-refractivity contribution in [2.24, 2.45) is 0 Å². The molecule has 0 saturated heterocycles. The number of rotatable bonds is 4. The Balaban J connectivity index is 1.62. The molecule has 1 heterocycles. The molecule has 0 unspecified atom stereocenters. The zero-order valence-corrected chi connectivity index (χ0v) is 16.2. The third-order valence-electron chi connectivity index (χ3n) is 4.07. The number of thioether (sulfide) groups is 1. The SMILES string of the molecule is O=C1C(=Cc2cc(Br)ccc2OCc2ccccc2)Sc2ccccc21. The number of ether oxygens (including phenoxy) is 1. The standard InChI is InChI=1S/C22H15BrO2S/c23-17-10-11-19(25-14-15-6-2-1-3-7-15)16(12-17)13-21-22(24)18-8-4-5-9-20(18)26-21/h1-13H,14H2. The lowest BCUT2D eigenvalue weighted by Gasteiger charge is -2.10. The maximum Gasteiger partial charge on any atom is 0.200 e. The molecule has 128 valence electrons. The smallest absolute Gasteiger partial charge is 0.200 e. The van der Waals surface area contributed by atoms with Gasteiger partial charge in [0, 0.05) is 20.5 Å². The van der Waals surface area contributed by atoms with Crippen molar-refractivity contribution in [3.8, 4) is 5.75 Å². The third-order valence-corrected chi connectivity index (χ3v) is 5.66. The Labute approximate surface area is 165 Å². The first-order valence-corrected chi connectivity index (χ1v) is 9.81. The van der Waals surface area contributed by atoms with Gasteiger partial charge in [0.05, 0.1) is 4.91 Å². The molecule has 0 bridgehead atoms. The zero-order valence-electron chi connectivity index (χ0n) is 13.8. The Morgan fingerprint density at radius 3 is 2.54 bits per heavy atom. The van der Waals surface area contributed by atoms with E-state index in [1.54, 1.807) is 0 Å². The Morgan fingerprint density at radius 1 is 0.962 bits per heavy atom. The number of carbonyl (C=O) groups is 1. The van der Waals surface area contributed by atoms with Crippen LogP contribution in [0.2, 0.25) is 0 Å². The van der Waals surface area contributed by atoms with Crippen LogP contribution < -0.4 is 4.74 Å². The van der Waals surface area contributed by atoms with Crippen molar-refractivity contribution in [3.63, 3.8) is 0 Å². The number of hydrogen-bond acceptors (Lipinski definition) is 3. The first kappa shape index (κ1) is 17.1.